The lowest BCUT2D eigenvalue weighted by Crippen LogP contribution is -2.46. The molecule has 0 bridgehead atoms. The van der Waals surface area contributed by atoms with Crippen LogP contribution in [0, 0.1) is 5.92 Å². The van der Waals surface area contributed by atoms with Gasteiger partial charge in [-0.2, -0.15) is 0 Å². The van der Waals surface area contributed by atoms with Crippen molar-refractivity contribution in [2.75, 3.05) is 26.2 Å². The third-order valence-corrected chi connectivity index (χ3v) is 3.42. The lowest BCUT2D eigenvalue weighted by Gasteiger charge is -2.30. The molecule has 0 aromatic rings. The molecule has 0 spiro atoms. The maximum absolute atomic E-state index is 3.61. The molecular formula is C12H24N2. The Morgan fingerprint density at radius 2 is 2.14 bits per heavy atom. The Morgan fingerprint density at radius 3 is 2.86 bits per heavy atom. The lowest BCUT2D eigenvalue weighted by atomic mass is 10.1. The van der Waals surface area contributed by atoms with Gasteiger partial charge in [0.05, 0.1) is 0 Å². The molecule has 1 saturated heterocycles. The fourth-order valence-electron chi connectivity index (χ4n) is 2.39. The van der Waals surface area contributed by atoms with Crippen LogP contribution in [0.5, 0.6) is 0 Å². The second-order valence-electron chi connectivity index (χ2n) is 5.67. The zero-order chi connectivity index (χ0) is 10.0. The first-order valence-corrected chi connectivity index (χ1v) is 6.13. The van der Waals surface area contributed by atoms with Crippen molar-refractivity contribution in [3.63, 3.8) is 0 Å². The second-order valence-corrected chi connectivity index (χ2v) is 5.67. The Kier molecular flexibility index (Phi) is 3.13. The largest absolute Gasteiger partial charge is 0.310 e. The van der Waals surface area contributed by atoms with Crippen LogP contribution < -0.4 is 5.32 Å². The van der Waals surface area contributed by atoms with Gasteiger partial charge >= 0.3 is 0 Å². The number of nitrogens with zero attached hydrogens (tertiary/aromatic N) is 1. The number of hydrogen-bond acceptors (Lipinski definition) is 2. The minimum atomic E-state index is 0.319. The monoisotopic (exact) mass is 196 g/mol. The smallest absolute Gasteiger partial charge is 0.0252 e. The SMILES string of the molecule is CC1(C)CN(CCC2CC2)CCCN1. The van der Waals surface area contributed by atoms with Crippen LogP contribution in [0.2, 0.25) is 0 Å². The highest BCUT2D eigenvalue weighted by atomic mass is 15.2. The van der Waals surface area contributed by atoms with Gasteiger partial charge in [0.25, 0.3) is 0 Å². The minimum absolute atomic E-state index is 0.319. The van der Waals surface area contributed by atoms with Crippen LogP contribution in [-0.4, -0.2) is 36.6 Å². The molecule has 1 saturated carbocycles. The van der Waals surface area contributed by atoms with Crippen LogP contribution in [0.4, 0.5) is 0 Å². The average Bonchev–Trinajstić information content (AvgIpc) is 2.89. The van der Waals surface area contributed by atoms with Gasteiger partial charge < -0.3 is 10.2 Å². The summed E-state index contributed by atoms with van der Waals surface area (Å²) in [6.07, 6.45) is 5.75. The standard InChI is InChI=1S/C12H24N2/c1-12(2)10-14(8-3-7-13-12)9-6-11-4-5-11/h11,13H,3-10H2,1-2H3. The quantitative estimate of drug-likeness (QED) is 0.741. The summed E-state index contributed by atoms with van der Waals surface area (Å²) in [7, 11) is 0. The first kappa shape index (κ1) is 10.4. The second kappa shape index (κ2) is 4.19. The summed E-state index contributed by atoms with van der Waals surface area (Å²) in [5, 5.41) is 3.61. The number of nitrogens with one attached hydrogen (secondary N) is 1. The Hall–Kier alpha value is -0.0800. The van der Waals surface area contributed by atoms with E-state index >= 15 is 0 Å². The number of hydrogen-bond donors (Lipinski definition) is 1. The minimum Gasteiger partial charge on any atom is -0.310 e. The first-order chi connectivity index (χ1) is 6.66. The molecule has 1 aliphatic heterocycles. The highest BCUT2D eigenvalue weighted by molar-refractivity contribution is 4.85. The van der Waals surface area contributed by atoms with E-state index in [0.29, 0.717) is 5.54 Å². The van der Waals surface area contributed by atoms with E-state index < -0.39 is 0 Å². The molecule has 2 heteroatoms. The van der Waals surface area contributed by atoms with Gasteiger partial charge in [-0.15, -0.1) is 0 Å². The van der Waals surface area contributed by atoms with Gasteiger partial charge in [-0.25, -0.2) is 0 Å². The first-order valence-electron chi connectivity index (χ1n) is 6.13. The fourth-order valence-corrected chi connectivity index (χ4v) is 2.39. The Morgan fingerprint density at radius 1 is 1.36 bits per heavy atom. The molecular weight excluding hydrogens is 172 g/mol. The van der Waals surface area contributed by atoms with E-state index in [-0.39, 0.29) is 0 Å². The predicted molar refractivity (Wildman–Crippen MR) is 60.5 cm³/mol. The third-order valence-electron chi connectivity index (χ3n) is 3.42. The van der Waals surface area contributed by atoms with Gasteiger partial charge in [0, 0.05) is 12.1 Å². The van der Waals surface area contributed by atoms with Crippen molar-refractivity contribution in [2.24, 2.45) is 5.92 Å². The van der Waals surface area contributed by atoms with Crippen molar-refractivity contribution in [1.29, 1.82) is 0 Å². The normalized spacial score (nSPS) is 28.7. The topological polar surface area (TPSA) is 15.3 Å². The molecule has 1 aliphatic carbocycles. The molecule has 2 aliphatic rings. The summed E-state index contributed by atoms with van der Waals surface area (Å²) in [5.41, 5.74) is 0.319. The van der Waals surface area contributed by atoms with Crippen molar-refractivity contribution in [2.45, 2.75) is 45.1 Å². The zero-order valence-electron chi connectivity index (χ0n) is 9.68. The summed E-state index contributed by atoms with van der Waals surface area (Å²) in [6.45, 7) is 9.68. The molecule has 0 radical (unpaired) electrons. The summed E-state index contributed by atoms with van der Waals surface area (Å²) < 4.78 is 0. The average molecular weight is 196 g/mol. The van der Waals surface area contributed by atoms with Crippen LogP contribution in [0.3, 0.4) is 0 Å². The van der Waals surface area contributed by atoms with E-state index in [9.17, 15) is 0 Å². The zero-order valence-corrected chi connectivity index (χ0v) is 9.68. The Balaban J connectivity index is 1.77. The van der Waals surface area contributed by atoms with Crippen molar-refractivity contribution in [3.05, 3.63) is 0 Å². The van der Waals surface area contributed by atoms with Crippen LogP contribution in [0.1, 0.15) is 39.5 Å². The summed E-state index contributed by atoms with van der Waals surface area (Å²) in [4.78, 5) is 2.65. The highest BCUT2D eigenvalue weighted by Gasteiger charge is 2.26. The molecule has 0 atom stereocenters. The molecule has 2 rings (SSSR count). The molecule has 14 heavy (non-hydrogen) atoms. The van der Waals surface area contributed by atoms with Crippen molar-refractivity contribution < 1.29 is 0 Å². The van der Waals surface area contributed by atoms with Gasteiger partial charge in [0.2, 0.25) is 0 Å². The molecule has 0 unspecified atom stereocenters. The molecule has 82 valence electrons. The molecule has 0 aromatic heterocycles. The molecule has 2 nitrogen and oxygen atoms in total. The predicted octanol–water partition coefficient (Wildman–Crippen LogP) is 1.86. The van der Waals surface area contributed by atoms with Gasteiger partial charge in [0.1, 0.15) is 0 Å². The highest BCUT2D eigenvalue weighted by Crippen LogP contribution is 2.32. The van der Waals surface area contributed by atoms with Gasteiger partial charge in [-0.3, -0.25) is 0 Å². The maximum Gasteiger partial charge on any atom is 0.0252 e. The van der Waals surface area contributed by atoms with Crippen molar-refractivity contribution in [1.82, 2.24) is 10.2 Å². The third kappa shape index (κ3) is 3.25. The molecule has 1 heterocycles. The van der Waals surface area contributed by atoms with Crippen LogP contribution in [-0.2, 0) is 0 Å². The summed E-state index contributed by atoms with van der Waals surface area (Å²) in [6, 6.07) is 0. The molecule has 0 amide bonds. The Labute approximate surface area is 88.1 Å². The van der Waals surface area contributed by atoms with Crippen LogP contribution in [0.25, 0.3) is 0 Å². The summed E-state index contributed by atoms with van der Waals surface area (Å²) in [5.74, 6) is 1.08. The van der Waals surface area contributed by atoms with Gasteiger partial charge in [-0.05, 0) is 52.2 Å². The van der Waals surface area contributed by atoms with Crippen LogP contribution in [0.15, 0.2) is 0 Å². The Bertz CT molecular complexity index is 185. The van der Waals surface area contributed by atoms with Gasteiger partial charge in [-0.1, -0.05) is 12.8 Å². The van der Waals surface area contributed by atoms with E-state index in [1.165, 1.54) is 51.9 Å². The maximum atomic E-state index is 3.61. The van der Waals surface area contributed by atoms with E-state index in [0.717, 1.165) is 5.92 Å². The van der Waals surface area contributed by atoms with E-state index in [2.05, 4.69) is 24.1 Å². The fraction of sp³-hybridized carbons (Fsp3) is 1.00. The lowest BCUT2D eigenvalue weighted by molar-refractivity contribution is 0.225. The van der Waals surface area contributed by atoms with Crippen molar-refractivity contribution >= 4 is 0 Å². The van der Waals surface area contributed by atoms with Gasteiger partial charge in [0.15, 0.2) is 0 Å². The molecule has 2 fully saturated rings. The summed E-state index contributed by atoms with van der Waals surface area (Å²) >= 11 is 0. The van der Waals surface area contributed by atoms with Crippen LogP contribution >= 0.6 is 0 Å². The van der Waals surface area contributed by atoms with Crippen molar-refractivity contribution in [3.8, 4) is 0 Å². The molecule has 0 aromatic carbocycles. The van der Waals surface area contributed by atoms with E-state index in [1.807, 2.05) is 0 Å². The number of rotatable bonds is 3. The molecule has 1 N–H and O–H groups in total. The van der Waals surface area contributed by atoms with E-state index in [4.69, 9.17) is 0 Å². The van der Waals surface area contributed by atoms with E-state index in [1.54, 1.807) is 0 Å².